The summed E-state index contributed by atoms with van der Waals surface area (Å²) in [5, 5.41) is 0. The smallest absolute Gasteiger partial charge is 0.140 e. The minimum atomic E-state index is 0.220. The molecule has 0 radical (unpaired) electrons. The third kappa shape index (κ3) is 2.11. The van der Waals surface area contributed by atoms with Crippen LogP contribution in [-0.2, 0) is 11.2 Å². The van der Waals surface area contributed by atoms with E-state index in [1.54, 1.807) is 0 Å². The highest BCUT2D eigenvalue weighted by Gasteiger charge is 2.30. The molecule has 1 aromatic carbocycles. The third-order valence-electron chi connectivity index (χ3n) is 3.27. The topological polar surface area (TPSA) is 17.1 Å². The van der Waals surface area contributed by atoms with Crippen molar-refractivity contribution in [1.29, 1.82) is 0 Å². The van der Waals surface area contributed by atoms with Crippen molar-refractivity contribution in [1.82, 2.24) is 0 Å². The van der Waals surface area contributed by atoms with E-state index in [1.165, 1.54) is 24.0 Å². The molecule has 0 bridgehead atoms. The van der Waals surface area contributed by atoms with Crippen LogP contribution in [0.25, 0.3) is 0 Å². The van der Waals surface area contributed by atoms with Gasteiger partial charge in [0.25, 0.3) is 0 Å². The zero-order chi connectivity index (χ0) is 10.7. The van der Waals surface area contributed by atoms with E-state index >= 15 is 0 Å². The van der Waals surface area contributed by atoms with Gasteiger partial charge in [-0.15, -0.1) is 0 Å². The first-order chi connectivity index (χ1) is 7.33. The lowest BCUT2D eigenvalue weighted by Crippen LogP contribution is -2.24. The van der Waals surface area contributed by atoms with E-state index in [2.05, 4.69) is 25.1 Å². The van der Waals surface area contributed by atoms with Crippen LogP contribution < -0.4 is 0 Å². The highest BCUT2D eigenvalue weighted by atomic mass is 16.1. The van der Waals surface area contributed by atoms with Crippen molar-refractivity contribution < 1.29 is 4.79 Å². The fourth-order valence-electron chi connectivity index (χ4n) is 2.27. The van der Waals surface area contributed by atoms with Gasteiger partial charge in [0, 0.05) is 12.3 Å². The molecule has 0 N–H and O–H groups in total. The molecule has 80 valence electrons. The number of hydrogen-bond acceptors (Lipinski definition) is 1. The summed E-state index contributed by atoms with van der Waals surface area (Å²) in [5.41, 5.74) is 2.64. The Bertz CT molecular complexity index is 354. The fourth-order valence-corrected chi connectivity index (χ4v) is 2.27. The van der Waals surface area contributed by atoms with E-state index in [9.17, 15) is 4.79 Å². The fraction of sp³-hybridized carbons (Fsp3) is 0.500. The van der Waals surface area contributed by atoms with Crippen molar-refractivity contribution in [3.63, 3.8) is 0 Å². The highest BCUT2D eigenvalue weighted by Crippen LogP contribution is 2.36. The summed E-state index contributed by atoms with van der Waals surface area (Å²) < 4.78 is 0. The summed E-state index contributed by atoms with van der Waals surface area (Å²) in [6, 6.07) is 8.31. The average molecular weight is 202 g/mol. The predicted molar refractivity (Wildman–Crippen MR) is 62.0 cm³/mol. The number of rotatable bonds is 5. The van der Waals surface area contributed by atoms with Crippen LogP contribution in [-0.4, -0.2) is 5.78 Å². The van der Waals surface area contributed by atoms with Crippen molar-refractivity contribution in [2.75, 3.05) is 0 Å². The van der Waals surface area contributed by atoms with Crippen LogP contribution in [0.3, 0.4) is 0 Å². The Morgan fingerprint density at radius 2 is 2.13 bits per heavy atom. The molecule has 0 amide bonds. The molecule has 15 heavy (non-hydrogen) atoms. The Balaban J connectivity index is 1.90. The number of fused-ring (bicyclic) bond motifs is 1. The summed E-state index contributed by atoms with van der Waals surface area (Å²) in [4.78, 5) is 11.9. The molecule has 0 aromatic heterocycles. The molecule has 1 aliphatic carbocycles. The number of benzene rings is 1. The van der Waals surface area contributed by atoms with Crippen LogP contribution in [0.5, 0.6) is 0 Å². The zero-order valence-electron chi connectivity index (χ0n) is 9.33. The molecule has 0 heterocycles. The van der Waals surface area contributed by atoms with Gasteiger partial charge in [0.05, 0.1) is 0 Å². The molecule has 0 saturated carbocycles. The number of Topliss-reactive ketones (excluding diaryl/α,β-unsaturated/α-hetero) is 1. The minimum Gasteiger partial charge on any atom is -0.299 e. The van der Waals surface area contributed by atoms with Crippen molar-refractivity contribution in [2.45, 2.75) is 44.9 Å². The first-order valence-electron chi connectivity index (χ1n) is 5.93. The van der Waals surface area contributed by atoms with Gasteiger partial charge in [-0.2, -0.15) is 0 Å². The van der Waals surface area contributed by atoms with Crippen molar-refractivity contribution >= 4 is 5.78 Å². The molecule has 2 rings (SSSR count). The second-order valence-electron chi connectivity index (χ2n) is 4.38. The van der Waals surface area contributed by atoms with Gasteiger partial charge in [0.1, 0.15) is 5.78 Å². The molecule has 0 saturated heterocycles. The first-order valence-corrected chi connectivity index (χ1v) is 5.93. The lowest BCUT2D eigenvalue weighted by atomic mass is 9.74. The summed E-state index contributed by atoms with van der Waals surface area (Å²) in [6.45, 7) is 2.17. The van der Waals surface area contributed by atoms with Crippen molar-refractivity contribution in [3.05, 3.63) is 35.4 Å². The summed E-state index contributed by atoms with van der Waals surface area (Å²) in [5.74, 6) is 0.667. The first kappa shape index (κ1) is 10.4. The second kappa shape index (κ2) is 4.61. The molecular weight excluding hydrogens is 184 g/mol. The normalized spacial score (nSPS) is 18.1. The molecule has 1 nitrogen and oxygen atoms in total. The van der Waals surface area contributed by atoms with Crippen LogP contribution in [0.1, 0.15) is 49.7 Å². The number of unbranched alkanes of at least 4 members (excludes halogenated alkanes) is 2. The maximum absolute atomic E-state index is 11.9. The Morgan fingerprint density at radius 1 is 1.33 bits per heavy atom. The van der Waals surface area contributed by atoms with Gasteiger partial charge in [0.2, 0.25) is 0 Å². The van der Waals surface area contributed by atoms with Crippen molar-refractivity contribution in [2.24, 2.45) is 0 Å². The van der Waals surface area contributed by atoms with E-state index in [0.717, 1.165) is 19.3 Å². The maximum atomic E-state index is 11.9. The quantitative estimate of drug-likeness (QED) is 0.668. The van der Waals surface area contributed by atoms with Crippen LogP contribution in [0, 0.1) is 0 Å². The van der Waals surface area contributed by atoms with E-state index in [1.807, 2.05) is 6.07 Å². The van der Waals surface area contributed by atoms with E-state index in [4.69, 9.17) is 0 Å². The average Bonchev–Trinajstić information content (AvgIpc) is 2.20. The van der Waals surface area contributed by atoms with E-state index in [0.29, 0.717) is 5.78 Å². The van der Waals surface area contributed by atoms with Gasteiger partial charge in [-0.25, -0.2) is 0 Å². The SMILES string of the molecule is CCCCCC(=O)C1Cc2ccccc21. The molecule has 1 heteroatoms. The standard InChI is InChI=1S/C14H18O/c1-2-3-4-9-14(15)13-10-11-7-5-6-8-12(11)13/h5-8,13H,2-4,9-10H2,1H3. The van der Waals surface area contributed by atoms with Crippen LogP contribution in [0.2, 0.25) is 0 Å². The zero-order valence-corrected chi connectivity index (χ0v) is 9.33. The lowest BCUT2D eigenvalue weighted by molar-refractivity contribution is -0.121. The van der Waals surface area contributed by atoms with Gasteiger partial charge < -0.3 is 0 Å². The molecule has 0 spiro atoms. The molecule has 1 aromatic rings. The van der Waals surface area contributed by atoms with Gasteiger partial charge in [0.15, 0.2) is 0 Å². The van der Waals surface area contributed by atoms with Crippen molar-refractivity contribution in [3.8, 4) is 0 Å². The second-order valence-corrected chi connectivity index (χ2v) is 4.38. The van der Waals surface area contributed by atoms with Gasteiger partial charge in [-0.05, 0) is 24.0 Å². The highest BCUT2D eigenvalue weighted by molar-refractivity contribution is 5.88. The molecule has 0 fully saturated rings. The van der Waals surface area contributed by atoms with Crippen LogP contribution >= 0.6 is 0 Å². The van der Waals surface area contributed by atoms with E-state index in [-0.39, 0.29) is 5.92 Å². The number of hydrogen-bond donors (Lipinski definition) is 0. The number of carbonyl (C=O) groups is 1. The molecular formula is C14H18O. The number of carbonyl (C=O) groups excluding carboxylic acids is 1. The van der Waals surface area contributed by atoms with Crippen LogP contribution in [0.4, 0.5) is 0 Å². The minimum absolute atomic E-state index is 0.220. The summed E-state index contributed by atoms with van der Waals surface area (Å²) in [6.07, 6.45) is 5.18. The monoisotopic (exact) mass is 202 g/mol. The van der Waals surface area contributed by atoms with Crippen LogP contribution in [0.15, 0.2) is 24.3 Å². The Labute approximate surface area is 91.5 Å². The molecule has 1 unspecified atom stereocenters. The Kier molecular flexibility index (Phi) is 3.20. The number of ketones is 1. The predicted octanol–water partition coefficient (Wildman–Crippen LogP) is 3.48. The maximum Gasteiger partial charge on any atom is 0.140 e. The van der Waals surface area contributed by atoms with Gasteiger partial charge >= 0.3 is 0 Å². The molecule has 0 aliphatic heterocycles. The van der Waals surface area contributed by atoms with Gasteiger partial charge in [-0.1, -0.05) is 44.0 Å². The van der Waals surface area contributed by atoms with Gasteiger partial charge in [-0.3, -0.25) is 4.79 Å². The molecule has 1 atom stereocenters. The summed E-state index contributed by atoms with van der Waals surface area (Å²) in [7, 11) is 0. The third-order valence-corrected chi connectivity index (χ3v) is 3.27. The largest absolute Gasteiger partial charge is 0.299 e. The lowest BCUT2D eigenvalue weighted by Gasteiger charge is -2.28. The Morgan fingerprint density at radius 3 is 2.87 bits per heavy atom. The van der Waals surface area contributed by atoms with E-state index < -0.39 is 0 Å². The Hall–Kier alpha value is -1.11. The molecule has 1 aliphatic rings. The summed E-state index contributed by atoms with van der Waals surface area (Å²) >= 11 is 0.